The minimum Gasteiger partial charge on any atom is -0.382 e. The summed E-state index contributed by atoms with van der Waals surface area (Å²) in [6.45, 7) is 5.12. The highest BCUT2D eigenvalue weighted by atomic mass is 79.9. The highest BCUT2D eigenvalue weighted by Crippen LogP contribution is 2.23. The van der Waals surface area contributed by atoms with E-state index in [9.17, 15) is 0 Å². The zero-order chi connectivity index (χ0) is 12.5. The molecule has 0 aromatic carbocycles. The number of methoxy groups -OCH3 is 1. The summed E-state index contributed by atoms with van der Waals surface area (Å²) < 4.78 is 11.7. The molecule has 0 saturated heterocycles. The second kappa shape index (κ2) is 9.05. The molecule has 17 heavy (non-hydrogen) atoms. The fourth-order valence-corrected chi connectivity index (χ4v) is 3.11. The molecule has 0 bridgehead atoms. The Labute approximate surface area is 116 Å². The van der Waals surface area contributed by atoms with E-state index < -0.39 is 0 Å². The summed E-state index contributed by atoms with van der Waals surface area (Å²) in [5.74, 6) is 0. The number of thiophene rings is 1. The van der Waals surface area contributed by atoms with Crippen molar-refractivity contribution in [2.75, 3.05) is 33.5 Å². The molecular formula is C12H20BrNO2S. The summed E-state index contributed by atoms with van der Waals surface area (Å²) in [5, 5.41) is 3.44. The number of rotatable bonds is 9. The maximum atomic E-state index is 5.57. The van der Waals surface area contributed by atoms with Crippen LogP contribution < -0.4 is 5.32 Å². The van der Waals surface area contributed by atoms with Crippen LogP contribution in [0.3, 0.4) is 0 Å². The average molecular weight is 322 g/mol. The maximum Gasteiger partial charge on any atom is 0.0701 e. The fraction of sp³-hybridized carbons (Fsp3) is 0.667. The summed E-state index contributed by atoms with van der Waals surface area (Å²) in [5.41, 5.74) is 0. The Balaban J connectivity index is 2.32. The van der Waals surface area contributed by atoms with Crippen LogP contribution in [-0.4, -0.2) is 39.5 Å². The van der Waals surface area contributed by atoms with E-state index in [1.807, 2.05) is 0 Å². The fourth-order valence-electron chi connectivity index (χ4n) is 1.55. The third-order valence-electron chi connectivity index (χ3n) is 2.32. The second-order valence-corrected chi connectivity index (χ2v) is 6.28. The van der Waals surface area contributed by atoms with Gasteiger partial charge in [-0.25, -0.2) is 0 Å². The van der Waals surface area contributed by atoms with E-state index in [-0.39, 0.29) is 0 Å². The number of hydrogen-bond donors (Lipinski definition) is 1. The van der Waals surface area contributed by atoms with Crippen LogP contribution in [0.1, 0.15) is 11.8 Å². The van der Waals surface area contributed by atoms with Gasteiger partial charge in [-0.1, -0.05) is 6.92 Å². The van der Waals surface area contributed by atoms with Crippen molar-refractivity contribution in [3.63, 3.8) is 0 Å². The van der Waals surface area contributed by atoms with Gasteiger partial charge in [0.1, 0.15) is 0 Å². The first kappa shape index (κ1) is 15.1. The minimum atomic E-state index is 0.377. The minimum absolute atomic E-state index is 0.377. The van der Waals surface area contributed by atoms with Crippen LogP contribution in [0.5, 0.6) is 0 Å². The molecule has 0 aliphatic heterocycles. The predicted molar refractivity (Wildman–Crippen MR) is 75.9 cm³/mol. The summed E-state index contributed by atoms with van der Waals surface area (Å²) in [6.07, 6.45) is 1.01. The van der Waals surface area contributed by atoms with E-state index in [2.05, 4.69) is 40.3 Å². The van der Waals surface area contributed by atoms with Gasteiger partial charge in [0.15, 0.2) is 0 Å². The van der Waals surface area contributed by atoms with Gasteiger partial charge in [-0.3, -0.25) is 0 Å². The molecule has 1 atom stereocenters. The van der Waals surface area contributed by atoms with Crippen LogP contribution in [0.25, 0.3) is 0 Å². The molecule has 1 heterocycles. The lowest BCUT2D eigenvalue weighted by molar-refractivity contribution is 0.0590. The van der Waals surface area contributed by atoms with E-state index >= 15 is 0 Å². The van der Waals surface area contributed by atoms with Crippen LogP contribution in [-0.2, 0) is 15.9 Å². The molecule has 0 radical (unpaired) electrons. The molecule has 1 N–H and O–H groups in total. The molecule has 1 unspecified atom stereocenters. The maximum absolute atomic E-state index is 5.57. The zero-order valence-corrected chi connectivity index (χ0v) is 12.8. The normalized spacial score (nSPS) is 12.9. The third kappa shape index (κ3) is 6.52. The van der Waals surface area contributed by atoms with Crippen LogP contribution in [0.4, 0.5) is 0 Å². The lowest BCUT2D eigenvalue weighted by Crippen LogP contribution is -2.35. The molecule has 0 amide bonds. The SMILES string of the molecule is CCNC(COCCOC)Cc1ccc(Br)s1. The molecule has 5 heteroatoms. The molecule has 0 aliphatic carbocycles. The lowest BCUT2D eigenvalue weighted by Gasteiger charge is -2.17. The first-order valence-electron chi connectivity index (χ1n) is 5.80. The highest BCUT2D eigenvalue weighted by Gasteiger charge is 2.10. The van der Waals surface area contributed by atoms with Crippen LogP contribution in [0, 0.1) is 0 Å². The summed E-state index contributed by atoms with van der Waals surface area (Å²) in [6, 6.07) is 4.63. The van der Waals surface area contributed by atoms with Crippen molar-refractivity contribution < 1.29 is 9.47 Å². The van der Waals surface area contributed by atoms with Gasteiger partial charge in [-0.05, 0) is 41.0 Å². The Morgan fingerprint density at radius 2 is 2.24 bits per heavy atom. The number of ether oxygens (including phenoxy) is 2. The smallest absolute Gasteiger partial charge is 0.0701 e. The molecule has 3 nitrogen and oxygen atoms in total. The second-order valence-electron chi connectivity index (χ2n) is 3.73. The molecule has 0 aliphatic rings. The monoisotopic (exact) mass is 321 g/mol. The largest absolute Gasteiger partial charge is 0.382 e. The topological polar surface area (TPSA) is 30.5 Å². The Morgan fingerprint density at radius 1 is 1.41 bits per heavy atom. The van der Waals surface area contributed by atoms with Gasteiger partial charge in [-0.15, -0.1) is 11.3 Å². The van der Waals surface area contributed by atoms with Crippen molar-refractivity contribution in [1.82, 2.24) is 5.32 Å². The van der Waals surface area contributed by atoms with Crippen molar-refractivity contribution in [3.05, 3.63) is 20.8 Å². The summed E-state index contributed by atoms with van der Waals surface area (Å²) in [7, 11) is 1.69. The third-order valence-corrected chi connectivity index (χ3v) is 3.97. The van der Waals surface area contributed by atoms with E-state index in [4.69, 9.17) is 9.47 Å². The standard InChI is InChI=1S/C12H20BrNO2S/c1-3-14-10(9-16-7-6-15-2)8-11-4-5-12(13)17-11/h4-5,10,14H,3,6-9H2,1-2H3. The van der Waals surface area contributed by atoms with Crippen molar-refractivity contribution in [2.24, 2.45) is 0 Å². The molecule has 98 valence electrons. The molecule has 1 aromatic heterocycles. The Morgan fingerprint density at radius 3 is 2.82 bits per heavy atom. The van der Waals surface area contributed by atoms with Crippen molar-refractivity contribution in [1.29, 1.82) is 0 Å². The van der Waals surface area contributed by atoms with Crippen LogP contribution in [0.2, 0.25) is 0 Å². The number of likely N-dealkylation sites (N-methyl/N-ethyl adjacent to an activating group) is 1. The molecular weight excluding hydrogens is 302 g/mol. The Hall–Kier alpha value is 0.0600. The number of nitrogens with one attached hydrogen (secondary N) is 1. The summed E-state index contributed by atoms with van der Waals surface area (Å²) >= 11 is 5.27. The molecule has 0 spiro atoms. The van der Waals surface area contributed by atoms with Gasteiger partial charge >= 0.3 is 0 Å². The first-order valence-corrected chi connectivity index (χ1v) is 7.41. The van der Waals surface area contributed by atoms with E-state index in [0.717, 1.165) is 19.6 Å². The van der Waals surface area contributed by atoms with Gasteiger partial charge in [0.25, 0.3) is 0 Å². The van der Waals surface area contributed by atoms with Gasteiger partial charge in [0.05, 0.1) is 23.6 Å². The number of hydrogen-bond acceptors (Lipinski definition) is 4. The van der Waals surface area contributed by atoms with Crippen molar-refractivity contribution in [3.8, 4) is 0 Å². The van der Waals surface area contributed by atoms with E-state index in [1.165, 1.54) is 8.66 Å². The van der Waals surface area contributed by atoms with Gasteiger partial charge in [0, 0.05) is 18.0 Å². The number of halogens is 1. The van der Waals surface area contributed by atoms with E-state index in [1.54, 1.807) is 18.4 Å². The van der Waals surface area contributed by atoms with Gasteiger partial charge in [-0.2, -0.15) is 0 Å². The molecule has 1 rings (SSSR count). The first-order chi connectivity index (χ1) is 8.26. The Bertz CT molecular complexity index is 306. The van der Waals surface area contributed by atoms with Gasteiger partial charge in [0.2, 0.25) is 0 Å². The molecule has 1 aromatic rings. The van der Waals surface area contributed by atoms with Gasteiger partial charge < -0.3 is 14.8 Å². The predicted octanol–water partition coefficient (Wildman–Crippen LogP) is 2.69. The quantitative estimate of drug-likeness (QED) is 0.709. The lowest BCUT2D eigenvalue weighted by atomic mass is 10.2. The van der Waals surface area contributed by atoms with Crippen molar-refractivity contribution in [2.45, 2.75) is 19.4 Å². The van der Waals surface area contributed by atoms with Crippen LogP contribution >= 0.6 is 27.3 Å². The summed E-state index contributed by atoms with van der Waals surface area (Å²) in [4.78, 5) is 1.37. The Kier molecular flexibility index (Phi) is 8.05. The van der Waals surface area contributed by atoms with Crippen LogP contribution in [0.15, 0.2) is 15.9 Å². The average Bonchev–Trinajstić information content (AvgIpc) is 2.70. The van der Waals surface area contributed by atoms with E-state index in [0.29, 0.717) is 19.3 Å². The molecule has 0 saturated carbocycles. The van der Waals surface area contributed by atoms with Crippen molar-refractivity contribution >= 4 is 27.3 Å². The zero-order valence-electron chi connectivity index (χ0n) is 10.4. The molecule has 0 fully saturated rings. The highest BCUT2D eigenvalue weighted by molar-refractivity contribution is 9.11.